The molecule has 0 spiro atoms. The first-order valence-corrected chi connectivity index (χ1v) is 8.11. The molecule has 0 aromatic heterocycles. The number of benzene rings is 1. The molecule has 5 nitrogen and oxygen atoms in total. The number of hydrogen-bond donors (Lipinski definition) is 2. The van der Waals surface area contributed by atoms with E-state index in [0.717, 1.165) is 36.2 Å². The third kappa shape index (κ3) is 7.58. The third-order valence-corrected chi connectivity index (χ3v) is 3.63. The van der Waals surface area contributed by atoms with Crippen molar-refractivity contribution in [3.05, 3.63) is 29.3 Å². The van der Waals surface area contributed by atoms with E-state index in [1.54, 1.807) is 0 Å². The van der Waals surface area contributed by atoms with Crippen molar-refractivity contribution in [3.8, 4) is 0 Å². The summed E-state index contributed by atoms with van der Waals surface area (Å²) in [6.07, 6.45) is 3.30. The van der Waals surface area contributed by atoms with Gasteiger partial charge in [0.25, 0.3) is 0 Å². The van der Waals surface area contributed by atoms with Crippen molar-refractivity contribution >= 4 is 23.2 Å². The highest BCUT2D eigenvalue weighted by molar-refractivity contribution is 5.93. The molecule has 0 unspecified atom stereocenters. The Bertz CT molecular complexity index is 580. The average Bonchev–Trinajstić information content (AvgIpc) is 2.52. The Labute approximate surface area is 138 Å². The van der Waals surface area contributed by atoms with Gasteiger partial charge in [-0.1, -0.05) is 19.4 Å². The van der Waals surface area contributed by atoms with Crippen LogP contribution in [0, 0.1) is 13.8 Å². The number of carbonyl (C=O) groups is 2. The molecule has 1 aromatic carbocycles. The second-order valence-corrected chi connectivity index (χ2v) is 5.83. The number of nitrogens with one attached hydrogen (secondary N) is 2. The molecular weight excluding hydrogens is 290 g/mol. The quantitative estimate of drug-likeness (QED) is 0.567. The van der Waals surface area contributed by atoms with Crippen molar-refractivity contribution in [1.29, 1.82) is 0 Å². The van der Waals surface area contributed by atoms with Gasteiger partial charge < -0.3 is 5.32 Å². The average molecular weight is 317 g/mol. The van der Waals surface area contributed by atoms with Crippen LogP contribution in [-0.4, -0.2) is 17.5 Å². The van der Waals surface area contributed by atoms with Crippen LogP contribution in [-0.2, 0) is 9.59 Å². The molecule has 0 saturated carbocycles. The van der Waals surface area contributed by atoms with Gasteiger partial charge in [0, 0.05) is 24.2 Å². The Hall–Kier alpha value is -2.17. The number of aryl methyl sites for hydroxylation is 2. The maximum atomic E-state index is 11.9. The van der Waals surface area contributed by atoms with Gasteiger partial charge in [-0.2, -0.15) is 5.10 Å². The van der Waals surface area contributed by atoms with Gasteiger partial charge in [0.05, 0.1) is 0 Å². The highest BCUT2D eigenvalue weighted by atomic mass is 16.2. The van der Waals surface area contributed by atoms with E-state index in [1.165, 1.54) is 5.56 Å². The summed E-state index contributed by atoms with van der Waals surface area (Å²) in [5, 5.41) is 6.83. The number of rotatable bonds is 8. The van der Waals surface area contributed by atoms with E-state index in [4.69, 9.17) is 0 Å². The molecule has 1 rings (SSSR count). The number of anilines is 1. The smallest absolute Gasteiger partial charge is 0.240 e. The number of carbonyl (C=O) groups excluding carboxylic acids is 2. The summed E-state index contributed by atoms with van der Waals surface area (Å²) >= 11 is 0. The van der Waals surface area contributed by atoms with Crippen molar-refractivity contribution in [2.45, 2.75) is 59.8 Å². The largest absolute Gasteiger partial charge is 0.326 e. The van der Waals surface area contributed by atoms with E-state index in [-0.39, 0.29) is 24.7 Å². The molecule has 0 fully saturated rings. The van der Waals surface area contributed by atoms with E-state index in [2.05, 4.69) is 22.8 Å². The summed E-state index contributed by atoms with van der Waals surface area (Å²) in [6, 6.07) is 5.75. The van der Waals surface area contributed by atoms with Crippen LogP contribution in [0.5, 0.6) is 0 Å². The summed E-state index contributed by atoms with van der Waals surface area (Å²) in [5.41, 5.74) is 6.46. The van der Waals surface area contributed by atoms with Gasteiger partial charge in [0.1, 0.15) is 0 Å². The first-order valence-electron chi connectivity index (χ1n) is 8.11. The molecule has 2 N–H and O–H groups in total. The lowest BCUT2D eigenvalue weighted by atomic mass is 10.1. The molecule has 0 radical (unpaired) electrons. The Morgan fingerprint density at radius 2 is 1.74 bits per heavy atom. The standard InChI is InChI=1S/C18H27N3O2/c1-5-6-7-15(4)20-21-18(23)11-10-17(22)19-16-9-8-13(2)14(3)12-16/h8-9,12H,5-7,10-11H2,1-4H3,(H,19,22)(H,21,23)/b20-15+. The van der Waals surface area contributed by atoms with Crippen molar-refractivity contribution in [3.63, 3.8) is 0 Å². The van der Waals surface area contributed by atoms with Crippen LogP contribution in [0.3, 0.4) is 0 Å². The summed E-state index contributed by atoms with van der Waals surface area (Å²) in [7, 11) is 0. The van der Waals surface area contributed by atoms with Crippen LogP contribution in [0.15, 0.2) is 23.3 Å². The topological polar surface area (TPSA) is 70.6 Å². The zero-order valence-electron chi connectivity index (χ0n) is 14.5. The molecule has 0 bridgehead atoms. The number of unbranched alkanes of at least 4 members (excludes halogenated alkanes) is 1. The van der Waals surface area contributed by atoms with Crippen LogP contribution in [0.1, 0.15) is 57.1 Å². The summed E-state index contributed by atoms with van der Waals surface area (Å²) < 4.78 is 0. The monoisotopic (exact) mass is 317 g/mol. The number of amides is 2. The molecule has 0 aliphatic heterocycles. The molecule has 2 amide bonds. The third-order valence-electron chi connectivity index (χ3n) is 3.63. The predicted molar refractivity (Wildman–Crippen MR) is 94.6 cm³/mol. The van der Waals surface area contributed by atoms with Gasteiger partial charge in [0.15, 0.2) is 0 Å². The minimum atomic E-state index is -0.240. The second kappa shape index (κ2) is 9.77. The highest BCUT2D eigenvalue weighted by Gasteiger charge is 2.07. The highest BCUT2D eigenvalue weighted by Crippen LogP contribution is 2.14. The summed E-state index contributed by atoms with van der Waals surface area (Å²) in [6.45, 7) is 8.02. The Balaban J connectivity index is 2.35. The maximum absolute atomic E-state index is 11.9. The van der Waals surface area contributed by atoms with E-state index in [0.29, 0.717) is 0 Å². The summed E-state index contributed by atoms with van der Waals surface area (Å²) in [4.78, 5) is 23.5. The van der Waals surface area contributed by atoms with E-state index in [9.17, 15) is 9.59 Å². The van der Waals surface area contributed by atoms with Crippen molar-refractivity contribution in [2.24, 2.45) is 5.10 Å². The van der Waals surface area contributed by atoms with Gasteiger partial charge in [-0.25, -0.2) is 5.43 Å². The van der Waals surface area contributed by atoms with Crippen LogP contribution in [0.4, 0.5) is 5.69 Å². The molecular formula is C18H27N3O2. The van der Waals surface area contributed by atoms with Crippen LogP contribution >= 0.6 is 0 Å². The van der Waals surface area contributed by atoms with Gasteiger partial charge in [0.2, 0.25) is 11.8 Å². The predicted octanol–water partition coefficient (Wildman–Crippen LogP) is 3.70. The number of hydrazone groups is 1. The zero-order valence-corrected chi connectivity index (χ0v) is 14.5. The lowest BCUT2D eigenvalue weighted by Gasteiger charge is -2.07. The van der Waals surface area contributed by atoms with Crippen molar-refractivity contribution in [2.75, 3.05) is 5.32 Å². The molecule has 0 atom stereocenters. The molecule has 0 aliphatic carbocycles. The maximum Gasteiger partial charge on any atom is 0.240 e. The second-order valence-electron chi connectivity index (χ2n) is 5.83. The Morgan fingerprint density at radius 1 is 1.04 bits per heavy atom. The number of hydrogen-bond acceptors (Lipinski definition) is 3. The van der Waals surface area contributed by atoms with Crippen LogP contribution in [0.25, 0.3) is 0 Å². The lowest BCUT2D eigenvalue weighted by Crippen LogP contribution is -2.21. The SMILES string of the molecule is CCCC/C(C)=N/NC(=O)CCC(=O)Nc1ccc(C)c(C)c1. The first-order chi connectivity index (χ1) is 10.9. The fourth-order valence-corrected chi connectivity index (χ4v) is 1.97. The normalized spacial score (nSPS) is 11.2. The molecule has 0 aliphatic rings. The first kappa shape index (κ1) is 18.9. The lowest BCUT2D eigenvalue weighted by molar-refractivity contribution is -0.124. The van der Waals surface area contributed by atoms with Gasteiger partial charge >= 0.3 is 0 Å². The summed E-state index contributed by atoms with van der Waals surface area (Å²) in [5.74, 6) is -0.411. The molecule has 5 heteroatoms. The van der Waals surface area contributed by atoms with Crippen molar-refractivity contribution < 1.29 is 9.59 Å². The van der Waals surface area contributed by atoms with Gasteiger partial charge in [-0.05, 0) is 56.9 Å². The fourth-order valence-electron chi connectivity index (χ4n) is 1.97. The van der Waals surface area contributed by atoms with E-state index in [1.807, 2.05) is 39.0 Å². The molecule has 126 valence electrons. The number of nitrogens with zero attached hydrogens (tertiary/aromatic N) is 1. The van der Waals surface area contributed by atoms with Crippen molar-refractivity contribution in [1.82, 2.24) is 5.43 Å². The van der Waals surface area contributed by atoms with E-state index < -0.39 is 0 Å². The molecule has 1 aromatic rings. The molecule has 0 saturated heterocycles. The van der Waals surface area contributed by atoms with Crippen LogP contribution < -0.4 is 10.7 Å². The fraction of sp³-hybridized carbons (Fsp3) is 0.500. The van der Waals surface area contributed by atoms with E-state index >= 15 is 0 Å². The molecule has 23 heavy (non-hydrogen) atoms. The van der Waals surface area contributed by atoms with Gasteiger partial charge in [-0.3, -0.25) is 9.59 Å². The van der Waals surface area contributed by atoms with Gasteiger partial charge in [-0.15, -0.1) is 0 Å². The molecule has 0 heterocycles. The Morgan fingerprint density at radius 3 is 2.39 bits per heavy atom. The van der Waals surface area contributed by atoms with Crippen LogP contribution in [0.2, 0.25) is 0 Å². The minimum Gasteiger partial charge on any atom is -0.326 e. The zero-order chi connectivity index (χ0) is 17.2. The Kier molecular flexibility index (Phi) is 8.02. The minimum absolute atomic E-state index is 0.126.